The van der Waals surface area contributed by atoms with Gasteiger partial charge >= 0.3 is 5.38 Å². The second kappa shape index (κ2) is 6.60. The molecule has 0 unspecified atom stereocenters. The number of halogens is 3. The molecule has 0 heterocycles. The minimum atomic E-state index is -3.42. The Morgan fingerprint density at radius 1 is 1.35 bits per heavy atom. The Balaban J connectivity index is 2.56. The fraction of sp³-hybridized carbons (Fsp3) is 0.385. The van der Waals surface area contributed by atoms with Gasteiger partial charge in [0.05, 0.1) is 6.61 Å². The van der Waals surface area contributed by atoms with Crippen LogP contribution in [0.15, 0.2) is 42.2 Å². The summed E-state index contributed by atoms with van der Waals surface area (Å²) in [5.74, 6) is -0.461. The Hall–Kier alpha value is -1.09. The van der Waals surface area contributed by atoms with E-state index in [1.165, 1.54) is 6.08 Å². The van der Waals surface area contributed by atoms with E-state index in [0.717, 1.165) is 5.56 Å². The van der Waals surface area contributed by atoms with Crippen molar-refractivity contribution in [2.24, 2.45) is 0 Å². The maximum absolute atomic E-state index is 12.9. The second-order valence-corrected chi connectivity index (χ2v) is 4.00. The average molecular weight is 261 g/mol. The minimum Gasteiger partial charge on any atom is -0.491 e. The number of alkyl halides is 3. The molecule has 0 atom stereocenters. The van der Waals surface area contributed by atoms with Crippen LogP contribution >= 0.6 is 11.6 Å². The van der Waals surface area contributed by atoms with Gasteiger partial charge in [0.15, 0.2) is 5.76 Å². The number of ether oxygens (including phenoxy) is 1. The predicted molar refractivity (Wildman–Crippen MR) is 65.3 cm³/mol. The molecule has 0 saturated heterocycles. The summed E-state index contributed by atoms with van der Waals surface area (Å²) >= 11 is 4.93. The molecule has 1 nitrogen and oxygen atoms in total. The molecule has 0 spiro atoms. The normalized spacial score (nSPS) is 12.6. The lowest BCUT2D eigenvalue weighted by atomic mass is 10.1. The smallest absolute Gasteiger partial charge is 0.378 e. The van der Waals surface area contributed by atoms with E-state index in [1.54, 1.807) is 6.92 Å². The Kier molecular flexibility index (Phi) is 5.42. The van der Waals surface area contributed by atoms with Crippen LogP contribution in [0.5, 0.6) is 0 Å². The summed E-state index contributed by atoms with van der Waals surface area (Å²) < 4.78 is 30.6. The predicted octanol–water partition coefficient (Wildman–Crippen LogP) is 4.37. The van der Waals surface area contributed by atoms with Crippen LogP contribution in [0.2, 0.25) is 0 Å². The zero-order valence-electron chi connectivity index (χ0n) is 9.63. The maximum atomic E-state index is 12.9. The van der Waals surface area contributed by atoms with E-state index in [0.29, 0.717) is 12.8 Å². The highest BCUT2D eigenvalue weighted by atomic mass is 35.5. The summed E-state index contributed by atoms with van der Waals surface area (Å²) in [6.45, 7) is 1.83. The van der Waals surface area contributed by atoms with E-state index < -0.39 is 11.1 Å². The number of rotatable bonds is 6. The highest BCUT2D eigenvalue weighted by Gasteiger charge is 2.32. The van der Waals surface area contributed by atoms with Crippen molar-refractivity contribution in [3.8, 4) is 0 Å². The molecule has 0 radical (unpaired) electrons. The van der Waals surface area contributed by atoms with Crippen LogP contribution < -0.4 is 0 Å². The molecule has 0 saturated carbocycles. The van der Waals surface area contributed by atoms with Gasteiger partial charge in [-0.05, 0) is 43.0 Å². The highest BCUT2D eigenvalue weighted by molar-refractivity contribution is 6.23. The minimum absolute atomic E-state index is 0.180. The lowest BCUT2D eigenvalue weighted by Gasteiger charge is -2.13. The zero-order valence-corrected chi connectivity index (χ0v) is 10.4. The van der Waals surface area contributed by atoms with Gasteiger partial charge in [-0.1, -0.05) is 30.3 Å². The molecule has 1 rings (SSSR count). The van der Waals surface area contributed by atoms with Crippen LogP contribution in [0.1, 0.15) is 18.9 Å². The van der Waals surface area contributed by atoms with Crippen LogP contribution in [0, 0.1) is 0 Å². The highest BCUT2D eigenvalue weighted by Crippen LogP contribution is 2.29. The Labute approximate surface area is 105 Å². The average Bonchev–Trinajstić information content (AvgIpc) is 2.28. The molecule has 0 aromatic heterocycles. The number of allylic oxidation sites excluding steroid dienone is 2. The molecule has 94 valence electrons. The summed E-state index contributed by atoms with van der Waals surface area (Å²) in [5.41, 5.74) is 1.09. The standard InChI is InChI=1S/C13H15ClF2O/c1-2-17-12(13(14,15)16)10-6-9-11-7-4-3-5-8-11/h3-5,7-8,10H,2,6,9H2,1H3/b12-10-. The van der Waals surface area contributed by atoms with Crippen LogP contribution in [0.3, 0.4) is 0 Å². The van der Waals surface area contributed by atoms with E-state index in [2.05, 4.69) is 0 Å². The Morgan fingerprint density at radius 2 is 2.00 bits per heavy atom. The van der Waals surface area contributed by atoms with E-state index in [9.17, 15) is 8.78 Å². The molecular formula is C13H15ClF2O. The molecule has 0 amide bonds. The van der Waals surface area contributed by atoms with Gasteiger partial charge in [-0.15, -0.1) is 0 Å². The lowest BCUT2D eigenvalue weighted by molar-refractivity contribution is 0.0516. The topological polar surface area (TPSA) is 9.23 Å². The number of hydrogen-bond donors (Lipinski definition) is 0. The molecular weight excluding hydrogens is 246 g/mol. The fourth-order valence-electron chi connectivity index (χ4n) is 1.43. The maximum Gasteiger partial charge on any atom is 0.378 e. The van der Waals surface area contributed by atoms with Crippen molar-refractivity contribution < 1.29 is 13.5 Å². The third-order valence-electron chi connectivity index (χ3n) is 2.18. The summed E-state index contributed by atoms with van der Waals surface area (Å²) in [6.07, 6.45) is 2.51. The van der Waals surface area contributed by atoms with Crippen molar-refractivity contribution in [3.05, 3.63) is 47.7 Å². The number of benzene rings is 1. The summed E-state index contributed by atoms with van der Waals surface area (Å²) in [7, 11) is 0. The molecule has 0 N–H and O–H groups in total. The first-order chi connectivity index (χ1) is 8.04. The van der Waals surface area contributed by atoms with Crippen molar-refractivity contribution in [2.45, 2.75) is 25.1 Å². The van der Waals surface area contributed by atoms with E-state index in [4.69, 9.17) is 16.3 Å². The van der Waals surface area contributed by atoms with Crippen LogP contribution in [0.25, 0.3) is 0 Å². The first-order valence-electron chi connectivity index (χ1n) is 5.48. The van der Waals surface area contributed by atoms with Gasteiger partial charge in [-0.2, -0.15) is 8.78 Å². The van der Waals surface area contributed by atoms with Crippen molar-refractivity contribution in [2.75, 3.05) is 6.61 Å². The first-order valence-corrected chi connectivity index (χ1v) is 5.86. The van der Waals surface area contributed by atoms with Gasteiger partial charge in [-0.3, -0.25) is 0 Å². The molecule has 17 heavy (non-hydrogen) atoms. The van der Waals surface area contributed by atoms with Gasteiger partial charge in [0.1, 0.15) is 0 Å². The van der Waals surface area contributed by atoms with E-state index >= 15 is 0 Å². The molecule has 0 aliphatic carbocycles. The van der Waals surface area contributed by atoms with Gasteiger partial charge in [-0.25, -0.2) is 0 Å². The molecule has 1 aromatic rings. The molecule has 0 aliphatic heterocycles. The third-order valence-corrected chi connectivity index (χ3v) is 2.37. The van der Waals surface area contributed by atoms with E-state index in [-0.39, 0.29) is 6.61 Å². The Bertz CT molecular complexity index is 357. The number of hydrogen-bond acceptors (Lipinski definition) is 1. The van der Waals surface area contributed by atoms with Crippen LogP contribution in [-0.4, -0.2) is 12.0 Å². The first kappa shape index (κ1) is 14.0. The molecule has 4 heteroatoms. The van der Waals surface area contributed by atoms with Crippen LogP contribution in [-0.2, 0) is 11.2 Å². The van der Waals surface area contributed by atoms with Gasteiger partial charge < -0.3 is 4.74 Å². The molecule has 1 aromatic carbocycles. The third kappa shape index (κ3) is 5.18. The number of aryl methyl sites for hydroxylation is 1. The molecule has 0 fully saturated rings. The largest absolute Gasteiger partial charge is 0.491 e. The van der Waals surface area contributed by atoms with Crippen LogP contribution in [0.4, 0.5) is 8.78 Å². The van der Waals surface area contributed by atoms with Crippen molar-refractivity contribution in [3.63, 3.8) is 0 Å². The molecule has 0 bridgehead atoms. The van der Waals surface area contributed by atoms with E-state index in [1.807, 2.05) is 30.3 Å². The summed E-state index contributed by atoms with van der Waals surface area (Å²) in [6, 6.07) is 9.65. The quantitative estimate of drug-likeness (QED) is 0.545. The monoisotopic (exact) mass is 260 g/mol. The van der Waals surface area contributed by atoms with Crippen molar-refractivity contribution in [1.82, 2.24) is 0 Å². The summed E-state index contributed by atoms with van der Waals surface area (Å²) in [4.78, 5) is 0. The van der Waals surface area contributed by atoms with Gasteiger partial charge in [0.2, 0.25) is 0 Å². The van der Waals surface area contributed by atoms with Crippen molar-refractivity contribution in [1.29, 1.82) is 0 Å². The Morgan fingerprint density at radius 3 is 2.53 bits per heavy atom. The second-order valence-electron chi connectivity index (χ2n) is 3.52. The SMILES string of the molecule is CCO/C(=C\CCc1ccccc1)C(F)(F)Cl. The fourth-order valence-corrected chi connectivity index (χ4v) is 1.56. The summed E-state index contributed by atoms with van der Waals surface area (Å²) in [5, 5.41) is -3.42. The zero-order chi connectivity index (χ0) is 12.7. The molecule has 0 aliphatic rings. The van der Waals surface area contributed by atoms with Gasteiger partial charge in [0, 0.05) is 0 Å². The van der Waals surface area contributed by atoms with Gasteiger partial charge in [0.25, 0.3) is 0 Å². The van der Waals surface area contributed by atoms with Crippen molar-refractivity contribution >= 4 is 11.6 Å². The lowest BCUT2D eigenvalue weighted by Crippen LogP contribution is -2.13.